The van der Waals surface area contributed by atoms with Crippen LogP contribution in [0, 0.1) is 11.8 Å². The molecule has 1 aliphatic carbocycles. The molecule has 2 atom stereocenters. The van der Waals surface area contributed by atoms with Crippen molar-refractivity contribution in [3.8, 4) is 0 Å². The molecule has 11 nitrogen and oxygen atoms in total. The van der Waals surface area contributed by atoms with Crippen LogP contribution in [-0.2, 0) is 30.4 Å². The standard InChI is InChI=1S/C30H43N5O6.C2H6/c1-4-20-12-14-21(15-13-20)33-28(39)23(10-8-18-32-30(31)41)34-29(40)27(19(2)3)35-26(38)11-7-5-6-9-22-24(36)16-17-25(22)37;1-2/h12-17,19,22-23,27H,4-11,18H2,1-3H3,(H,33,39)(H,34,40)(H,35,38)(H3,31,32,41);1-2H3/t23-,27-;/m0./s1. The van der Waals surface area contributed by atoms with Crippen molar-refractivity contribution < 1.29 is 28.8 Å². The molecule has 5 amide bonds. The maximum atomic E-state index is 13.2. The predicted molar refractivity (Wildman–Crippen MR) is 167 cm³/mol. The van der Waals surface area contributed by atoms with Crippen LogP contribution in [0.3, 0.4) is 0 Å². The number of allylic oxidation sites excluding steroid dienone is 2. The minimum Gasteiger partial charge on any atom is -0.352 e. The molecule has 43 heavy (non-hydrogen) atoms. The van der Waals surface area contributed by atoms with Crippen molar-refractivity contribution >= 4 is 41.0 Å². The van der Waals surface area contributed by atoms with Gasteiger partial charge in [0.2, 0.25) is 17.7 Å². The highest BCUT2D eigenvalue weighted by molar-refractivity contribution is 6.18. The van der Waals surface area contributed by atoms with Crippen LogP contribution in [-0.4, -0.2) is 53.9 Å². The zero-order chi connectivity index (χ0) is 32.4. The number of carbonyl (C=O) groups excluding carboxylic acids is 6. The van der Waals surface area contributed by atoms with E-state index in [4.69, 9.17) is 5.73 Å². The second-order valence-corrected chi connectivity index (χ2v) is 10.6. The van der Waals surface area contributed by atoms with Crippen molar-refractivity contribution in [1.82, 2.24) is 16.0 Å². The highest BCUT2D eigenvalue weighted by Crippen LogP contribution is 2.19. The zero-order valence-corrected chi connectivity index (χ0v) is 26.2. The van der Waals surface area contributed by atoms with Crippen molar-refractivity contribution in [3.05, 3.63) is 42.0 Å². The van der Waals surface area contributed by atoms with E-state index < -0.39 is 35.8 Å². The molecule has 0 fully saturated rings. The maximum absolute atomic E-state index is 13.2. The van der Waals surface area contributed by atoms with Gasteiger partial charge >= 0.3 is 6.03 Å². The summed E-state index contributed by atoms with van der Waals surface area (Å²) in [4.78, 5) is 73.3. The number of nitrogens with two attached hydrogens (primary N) is 1. The van der Waals surface area contributed by atoms with E-state index in [0.717, 1.165) is 12.0 Å². The van der Waals surface area contributed by atoms with Crippen molar-refractivity contribution in [3.63, 3.8) is 0 Å². The monoisotopic (exact) mass is 599 g/mol. The summed E-state index contributed by atoms with van der Waals surface area (Å²) in [7, 11) is 0. The lowest BCUT2D eigenvalue weighted by Crippen LogP contribution is -2.54. The summed E-state index contributed by atoms with van der Waals surface area (Å²) in [6.07, 6.45) is 6.65. The van der Waals surface area contributed by atoms with Gasteiger partial charge in [0, 0.05) is 18.7 Å². The minimum atomic E-state index is -0.906. The largest absolute Gasteiger partial charge is 0.352 e. The topological polar surface area (TPSA) is 177 Å². The minimum absolute atomic E-state index is 0.163. The molecule has 0 heterocycles. The molecule has 1 aromatic carbocycles. The third kappa shape index (κ3) is 13.7. The van der Waals surface area contributed by atoms with Gasteiger partial charge in [0.05, 0.1) is 5.92 Å². The van der Waals surface area contributed by atoms with Crippen LogP contribution in [0.4, 0.5) is 10.5 Å². The molecule has 1 aromatic rings. The van der Waals surface area contributed by atoms with Gasteiger partial charge in [-0.15, -0.1) is 0 Å². The molecule has 238 valence electrons. The number of benzene rings is 1. The number of nitrogens with one attached hydrogen (secondary N) is 4. The zero-order valence-electron chi connectivity index (χ0n) is 26.2. The molecule has 0 saturated heterocycles. The van der Waals surface area contributed by atoms with Crippen LogP contribution in [0.2, 0.25) is 0 Å². The van der Waals surface area contributed by atoms with Gasteiger partial charge < -0.3 is 27.0 Å². The molecule has 0 unspecified atom stereocenters. The van der Waals surface area contributed by atoms with Crippen molar-refractivity contribution in [2.75, 3.05) is 11.9 Å². The van der Waals surface area contributed by atoms with Gasteiger partial charge in [-0.05, 0) is 67.9 Å². The Bertz CT molecular complexity index is 1100. The number of hydrogen-bond acceptors (Lipinski definition) is 6. The lowest BCUT2D eigenvalue weighted by molar-refractivity contribution is -0.132. The molecule has 0 aliphatic heterocycles. The first-order chi connectivity index (χ1) is 20.5. The highest BCUT2D eigenvalue weighted by Gasteiger charge is 2.29. The lowest BCUT2D eigenvalue weighted by atomic mass is 9.97. The number of amides is 5. The summed E-state index contributed by atoms with van der Waals surface area (Å²) in [5.74, 6) is -2.35. The van der Waals surface area contributed by atoms with Crippen LogP contribution >= 0.6 is 0 Å². The SMILES string of the molecule is CC.CCc1ccc(NC(=O)[C@H](CCCNC(N)=O)NC(=O)[C@@H](NC(=O)CCCCCC2C(=O)C=CC2=O)C(C)C)cc1. The van der Waals surface area contributed by atoms with E-state index in [0.29, 0.717) is 37.8 Å². The normalized spacial score (nSPS) is 14.0. The molecular weight excluding hydrogens is 550 g/mol. The van der Waals surface area contributed by atoms with Gasteiger partial charge in [0.15, 0.2) is 11.6 Å². The average Bonchev–Trinajstić information content (AvgIpc) is 3.30. The Morgan fingerprint density at radius 2 is 1.49 bits per heavy atom. The fourth-order valence-corrected chi connectivity index (χ4v) is 4.51. The Balaban J connectivity index is 0.00000452. The first-order valence-corrected chi connectivity index (χ1v) is 15.3. The third-order valence-corrected chi connectivity index (χ3v) is 6.99. The number of primary amides is 1. The van der Waals surface area contributed by atoms with Crippen LogP contribution in [0.5, 0.6) is 0 Å². The maximum Gasteiger partial charge on any atom is 0.312 e. The molecule has 0 radical (unpaired) electrons. The first-order valence-electron chi connectivity index (χ1n) is 15.3. The van der Waals surface area contributed by atoms with Gasteiger partial charge in [-0.2, -0.15) is 0 Å². The number of unbranched alkanes of at least 4 members (excludes halogenated alkanes) is 2. The number of hydrogen-bond donors (Lipinski definition) is 5. The molecule has 6 N–H and O–H groups in total. The Morgan fingerprint density at radius 1 is 0.860 bits per heavy atom. The number of aryl methyl sites for hydroxylation is 1. The van der Waals surface area contributed by atoms with Gasteiger partial charge in [0.1, 0.15) is 12.1 Å². The van der Waals surface area contributed by atoms with Gasteiger partial charge in [0.25, 0.3) is 0 Å². The van der Waals surface area contributed by atoms with Gasteiger partial charge in [-0.3, -0.25) is 24.0 Å². The summed E-state index contributed by atoms with van der Waals surface area (Å²) in [5, 5.41) is 10.8. The number of rotatable bonds is 17. The molecule has 11 heteroatoms. The van der Waals surface area contributed by atoms with Crippen molar-refractivity contribution in [1.29, 1.82) is 0 Å². The summed E-state index contributed by atoms with van der Waals surface area (Å²) in [6.45, 7) is 9.87. The van der Waals surface area contributed by atoms with E-state index in [9.17, 15) is 28.8 Å². The molecular formula is C32H49N5O6. The first kappa shape index (κ1) is 37.0. The summed E-state index contributed by atoms with van der Waals surface area (Å²) >= 11 is 0. The van der Waals surface area contributed by atoms with Gasteiger partial charge in [-0.1, -0.05) is 59.6 Å². The smallest absolute Gasteiger partial charge is 0.312 e. The molecule has 2 rings (SSSR count). The van der Waals surface area contributed by atoms with E-state index in [-0.39, 0.29) is 42.8 Å². The van der Waals surface area contributed by atoms with Crippen LogP contribution in [0.25, 0.3) is 0 Å². The summed E-state index contributed by atoms with van der Waals surface area (Å²) in [6, 6.07) is 4.97. The van der Waals surface area contributed by atoms with E-state index in [1.54, 1.807) is 26.0 Å². The van der Waals surface area contributed by atoms with Crippen molar-refractivity contribution in [2.24, 2.45) is 17.6 Å². The van der Waals surface area contributed by atoms with Crippen LogP contribution in [0.15, 0.2) is 36.4 Å². The Morgan fingerprint density at radius 3 is 2.05 bits per heavy atom. The number of anilines is 1. The second kappa shape index (κ2) is 20.0. The van der Waals surface area contributed by atoms with Crippen LogP contribution in [0.1, 0.15) is 85.1 Å². The fourth-order valence-electron chi connectivity index (χ4n) is 4.51. The molecule has 1 aliphatic rings. The summed E-state index contributed by atoms with van der Waals surface area (Å²) < 4.78 is 0. The number of urea groups is 1. The summed E-state index contributed by atoms with van der Waals surface area (Å²) in [5.41, 5.74) is 6.83. The number of carbonyl (C=O) groups is 6. The lowest BCUT2D eigenvalue weighted by Gasteiger charge is -2.25. The molecule has 0 bridgehead atoms. The molecule has 0 aromatic heterocycles. The predicted octanol–water partition coefficient (Wildman–Crippen LogP) is 3.56. The Hall–Kier alpha value is -4.02. The average molecular weight is 600 g/mol. The fraction of sp³-hybridized carbons (Fsp3) is 0.562. The van der Waals surface area contributed by atoms with E-state index in [2.05, 4.69) is 21.3 Å². The highest BCUT2D eigenvalue weighted by atomic mass is 16.2. The van der Waals surface area contributed by atoms with E-state index >= 15 is 0 Å². The van der Waals surface area contributed by atoms with E-state index in [1.807, 2.05) is 32.9 Å². The van der Waals surface area contributed by atoms with Crippen LogP contribution < -0.4 is 27.0 Å². The molecule has 0 saturated carbocycles. The van der Waals surface area contributed by atoms with Crippen molar-refractivity contribution in [2.45, 2.75) is 98.1 Å². The second-order valence-electron chi connectivity index (χ2n) is 10.6. The Labute approximate surface area is 255 Å². The van der Waals surface area contributed by atoms with E-state index in [1.165, 1.54) is 12.2 Å². The third-order valence-electron chi connectivity index (χ3n) is 6.99. The Kier molecular flexibility index (Phi) is 17.2. The quantitative estimate of drug-likeness (QED) is 0.135. The number of ketones is 2. The van der Waals surface area contributed by atoms with Gasteiger partial charge in [-0.25, -0.2) is 4.79 Å². The molecule has 0 spiro atoms.